The number of guanidine groups is 1. The molecular weight excluding hydrogens is 662 g/mol. The Morgan fingerprint density at radius 2 is 1.40 bits per heavy atom. The standard InChI is InChI=1S/C40H34BrN5O2/c1-3-47-35-24-30(23-32(41)38(35)48-26-29-17-9-5-10-18-29)37-36-27(2)43-46(31-19-11-6-12-20-31)39(36)42-40-44(25-28-15-7-4-8-16-28)33-21-13-14-22-34(33)45(37)40/h4-24,37H,3,25-26H2,1-2H3/t37-/m0/s1. The van der Waals surface area contributed by atoms with Crippen molar-refractivity contribution in [2.75, 3.05) is 16.4 Å². The van der Waals surface area contributed by atoms with E-state index in [4.69, 9.17) is 19.6 Å². The number of aliphatic imine (C=N–C) groups is 1. The summed E-state index contributed by atoms with van der Waals surface area (Å²) in [5, 5.41) is 5.09. The second-order valence-electron chi connectivity index (χ2n) is 11.9. The van der Waals surface area contributed by atoms with Gasteiger partial charge < -0.3 is 14.4 Å². The minimum atomic E-state index is -0.245. The maximum absolute atomic E-state index is 6.40. The number of aromatic nitrogens is 2. The number of rotatable bonds is 9. The number of anilines is 2. The van der Waals surface area contributed by atoms with E-state index in [2.05, 4.69) is 124 Å². The Bertz CT molecular complexity index is 2120. The molecule has 3 heterocycles. The highest BCUT2D eigenvalue weighted by atomic mass is 79.9. The Morgan fingerprint density at radius 1 is 0.750 bits per heavy atom. The van der Waals surface area contributed by atoms with Crippen LogP contribution in [0.15, 0.2) is 137 Å². The van der Waals surface area contributed by atoms with Crippen LogP contribution in [0.3, 0.4) is 0 Å². The molecule has 238 valence electrons. The average molecular weight is 697 g/mol. The van der Waals surface area contributed by atoms with Gasteiger partial charge in [-0.2, -0.15) is 10.1 Å². The minimum absolute atomic E-state index is 0.245. The van der Waals surface area contributed by atoms with E-state index in [0.717, 1.165) is 55.7 Å². The van der Waals surface area contributed by atoms with E-state index >= 15 is 0 Å². The molecule has 0 spiro atoms. The summed E-state index contributed by atoms with van der Waals surface area (Å²) in [5.74, 6) is 3.04. The van der Waals surface area contributed by atoms with Crippen LogP contribution >= 0.6 is 15.9 Å². The average Bonchev–Trinajstić information content (AvgIpc) is 3.62. The van der Waals surface area contributed by atoms with Crippen molar-refractivity contribution in [2.24, 2.45) is 4.99 Å². The van der Waals surface area contributed by atoms with Crippen molar-refractivity contribution in [3.63, 3.8) is 0 Å². The van der Waals surface area contributed by atoms with Crippen LogP contribution in [0.2, 0.25) is 0 Å². The SMILES string of the molecule is CCOc1cc([C@H]2c3c(C)nn(-c4ccccc4)c3N=C3N(Cc4ccccc4)c4ccccc4N32)cc(Br)c1OCc1ccccc1. The zero-order chi connectivity index (χ0) is 32.6. The second-order valence-corrected chi connectivity index (χ2v) is 12.7. The number of nitrogens with zero attached hydrogens (tertiary/aromatic N) is 5. The smallest absolute Gasteiger partial charge is 0.213 e. The molecule has 0 fully saturated rings. The summed E-state index contributed by atoms with van der Waals surface area (Å²) in [4.78, 5) is 10.1. The van der Waals surface area contributed by atoms with Crippen molar-refractivity contribution in [3.05, 3.63) is 160 Å². The lowest BCUT2D eigenvalue weighted by Crippen LogP contribution is -2.42. The molecule has 2 aliphatic heterocycles. The number of para-hydroxylation sites is 3. The first-order valence-corrected chi connectivity index (χ1v) is 17.0. The summed E-state index contributed by atoms with van der Waals surface area (Å²) in [5.41, 5.74) is 8.46. The molecule has 0 saturated carbocycles. The zero-order valence-corrected chi connectivity index (χ0v) is 28.3. The van der Waals surface area contributed by atoms with Gasteiger partial charge in [0.1, 0.15) is 6.61 Å². The van der Waals surface area contributed by atoms with Crippen LogP contribution < -0.4 is 19.3 Å². The van der Waals surface area contributed by atoms with E-state index in [1.54, 1.807) is 0 Å². The molecule has 2 aliphatic rings. The first-order valence-electron chi connectivity index (χ1n) is 16.2. The first-order chi connectivity index (χ1) is 23.6. The molecular formula is C40H34BrN5O2. The Morgan fingerprint density at radius 3 is 2.10 bits per heavy atom. The molecule has 0 unspecified atom stereocenters. The maximum atomic E-state index is 6.40. The highest BCUT2D eigenvalue weighted by molar-refractivity contribution is 9.10. The molecule has 0 radical (unpaired) electrons. The van der Waals surface area contributed by atoms with Crippen molar-refractivity contribution >= 4 is 39.1 Å². The third-order valence-corrected chi connectivity index (χ3v) is 9.35. The van der Waals surface area contributed by atoms with E-state index in [1.807, 2.05) is 48.0 Å². The summed E-state index contributed by atoms with van der Waals surface area (Å²) in [6.45, 7) is 5.68. The number of ether oxygens (including phenoxy) is 2. The van der Waals surface area contributed by atoms with Gasteiger partial charge in [-0.3, -0.25) is 4.90 Å². The molecule has 7 nitrogen and oxygen atoms in total. The van der Waals surface area contributed by atoms with E-state index < -0.39 is 0 Å². The molecule has 0 aliphatic carbocycles. The number of halogens is 1. The maximum Gasteiger partial charge on any atom is 0.213 e. The van der Waals surface area contributed by atoms with Gasteiger partial charge >= 0.3 is 0 Å². The number of aryl methyl sites for hydroxylation is 1. The lowest BCUT2D eigenvalue weighted by molar-refractivity contribution is 0.267. The molecule has 48 heavy (non-hydrogen) atoms. The zero-order valence-electron chi connectivity index (χ0n) is 26.8. The number of hydrogen-bond donors (Lipinski definition) is 0. The van der Waals surface area contributed by atoms with Crippen LogP contribution in [0.5, 0.6) is 11.5 Å². The third-order valence-electron chi connectivity index (χ3n) is 8.77. The van der Waals surface area contributed by atoms with Crippen LogP contribution in [0.4, 0.5) is 17.2 Å². The second kappa shape index (κ2) is 12.7. The lowest BCUT2D eigenvalue weighted by Gasteiger charge is -2.35. The van der Waals surface area contributed by atoms with Gasteiger partial charge in [-0.15, -0.1) is 0 Å². The monoisotopic (exact) mass is 695 g/mol. The van der Waals surface area contributed by atoms with E-state index in [0.29, 0.717) is 31.3 Å². The van der Waals surface area contributed by atoms with E-state index in [1.165, 1.54) is 5.56 Å². The van der Waals surface area contributed by atoms with Gasteiger partial charge in [0.25, 0.3) is 0 Å². The van der Waals surface area contributed by atoms with Crippen LogP contribution in [0, 0.1) is 6.92 Å². The summed E-state index contributed by atoms with van der Waals surface area (Å²) in [6.07, 6.45) is 0. The van der Waals surface area contributed by atoms with Gasteiger partial charge in [-0.1, -0.05) is 91.0 Å². The van der Waals surface area contributed by atoms with Gasteiger partial charge in [0, 0.05) is 5.56 Å². The van der Waals surface area contributed by atoms with E-state index in [9.17, 15) is 0 Å². The summed E-state index contributed by atoms with van der Waals surface area (Å²) < 4.78 is 15.5. The largest absolute Gasteiger partial charge is 0.490 e. The fraction of sp³-hybridized carbons (Fsp3) is 0.150. The molecule has 8 heteroatoms. The van der Waals surface area contributed by atoms with Crippen molar-refractivity contribution in [1.82, 2.24) is 9.78 Å². The Hall–Kier alpha value is -5.34. The van der Waals surface area contributed by atoms with Crippen LogP contribution in [0.25, 0.3) is 5.69 Å². The quantitative estimate of drug-likeness (QED) is 0.151. The lowest BCUT2D eigenvalue weighted by atomic mass is 9.95. The highest BCUT2D eigenvalue weighted by Crippen LogP contribution is 2.52. The molecule has 0 amide bonds. The van der Waals surface area contributed by atoms with Gasteiger partial charge in [0.15, 0.2) is 17.3 Å². The van der Waals surface area contributed by atoms with Gasteiger partial charge in [0.2, 0.25) is 5.96 Å². The van der Waals surface area contributed by atoms with Crippen LogP contribution in [-0.2, 0) is 13.2 Å². The molecule has 0 bridgehead atoms. The fourth-order valence-electron chi connectivity index (χ4n) is 6.65. The summed E-state index contributed by atoms with van der Waals surface area (Å²) in [6, 6.07) is 43.5. The van der Waals surface area contributed by atoms with Crippen molar-refractivity contribution < 1.29 is 9.47 Å². The Labute approximate surface area is 288 Å². The highest BCUT2D eigenvalue weighted by Gasteiger charge is 2.45. The van der Waals surface area contributed by atoms with Gasteiger partial charge in [0.05, 0.1) is 46.4 Å². The van der Waals surface area contributed by atoms with Crippen molar-refractivity contribution in [2.45, 2.75) is 33.0 Å². The minimum Gasteiger partial charge on any atom is -0.490 e. The number of fused-ring (bicyclic) bond motifs is 4. The molecule has 5 aromatic carbocycles. The van der Waals surface area contributed by atoms with E-state index in [-0.39, 0.29) is 6.04 Å². The third kappa shape index (κ3) is 5.32. The number of benzene rings is 5. The molecule has 1 atom stereocenters. The van der Waals surface area contributed by atoms with Crippen molar-refractivity contribution in [3.8, 4) is 17.2 Å². The van der Waals surface area contributed by atoms with Gasteiger partial charge in [-0.25, -0.2) is 4.68 Å². The number of hydrogen-bond acceptors (Lipinski definition) is 6. The van der Waals surface area contributed by atoms with Crippen molar-refractivity contribution in [1.29, 1.82) is 0 Å². The van der Waals surface area contributed by atoms with Crippen LogP contribution in [-0.4, -0.2) is 22.3 Å². The molecule has 8 rings (SSSR count). The molecule has 1 aromatic heterocycles. The topological polar surface area (TPSA) is 55.1 Å². The Balaban J connectivity index is 1.31. The summed E-state index contributed by atoms with van der Waals surface area (Å²) >= 11 is 3.88. The molecule has 6 aromatic rings. The Kier molecular flexibility index (Phi) is 7.94. The van der Waals surface area contributed by atoms with Gasteiger partial charge in [-0.05, 0) is 82.9 Å². The first kappa shape index (κ1) is 30.0. The fourth-order valence-corrected chi connectivity index (χ4v) is 7.23. The predicted molar refractivity (Wildman–Crippen MR) is 195 cm³/mol. The predicted octanol–water partition coefficient (Wildman–Crippen LogP) is 9.54. The molecule has 0 saturated heterocycles. The molecule has 0 N–H and O–H groups in total. The normalized spacial score (nSPS) is 14.6. The van der Waals surface area contributed by atoms with Crippen LogP contribution in [0.1, 0.15) is 40.9 Å². The summed E-state index contributed by atoms with van der Waals surface area (Å²) in [7, 11) is 0.